The van der Waals surface area contributed by atoms with E-state index in [1.165, 1.54) is 0 Å². The molecule has 2 heterocycles. The first-order chi connectivity index (χ1) is 6.77. The van der Waals surface area contributed by atoms with Gasteiger partial charge in [-0.1, -0.05) is 0 Å². The first-order valence-electron chi connectivity index (χ1n) is 4.40. The van der Waals surface area contributed by atoms with Crippen LogP contribution in [0.1, 0.15) is 11.6 Å². The van der Waals surface area contributed by atoms with Crippen LogP contribution in [0.15, 0.2) is 24.8 Å². The van der Waals surface area contributed by atoms with Crippen LogP contribution in [0.4, 0.5) is 0 Å². The zero-order valence-electron chi connectivity index (χ0n) is 8.25. The Morgan fingerprint density at radius 1 is 0.929 bits per heavy atom. The summed E-state index contributed by atoms with van der Waals surface area (Å²) in [4.78, 5) is 8.37. The highest BCUT2D eigenvalue weighted by Crippen LogP contribution is 2.03. The number of imidazole rings is 2. The Morgan fingerprint density at radius 3 is 1.64 bits per heavy atom. The van der Waals surface area contributed by atoms with Crippen molar-refractivity contribution in [2.45, 2.75) is 0 Å². The van der Waals surface area contributed by atoms with Crippen LogP contribution in [0.2, 0.25) is 0 Å². The summed E-state index contributed by atoms with van der Waals surface area (Å²) >= 11 is 0. The maximum absolute atomic E-state index is 4.18. The van der Waals surface area contributed by atoms with Gasteiger partial charge in [-0.3, -0.25) is 0 Å². The molecule has 14 heavy (non-hydrogen) atoms. The molecular formula is C10H12N4. The molecule has 4 nitrogen and oxygen atoms in total. The zero-order chi connectivity index (χ0) is 9.97. The largest absolute Gasteiger partial charge is 0.335 e. The van der Waals surface area contributed by atoms with Gasteiger partial charge in [0.25, 0.3) is 0 Å². The minimum absolute atomic E-state index is 0.924. The summed E-state index contributed by atoms with van der Waals surface area (Å²) in [5.74, 6) is 1.85. The Kier molecular flexibility index (Phi) is 2.18. The Balaban J connectivity index is 2.23. The summed E-state index contributed by atoms with van der Waals surface area (Å²) in [5, 5.41) is 0. The predicted molar refractivity (Wildman–Crippen MR) is 55.3 cm³/mol. The van der Waals surface area contributed by atoms with E-state index in [2.05, 4.69) is 9.97 Å². The first kappa shape index (κ1) is 8.74. The fraction of sp³-hybridized carbons (Fsp3) is 0.200. The van der Waals surface area contributed by atoms with Crippen LogP contribution < -0.4 is 0 Å². The number of aromatic nitrogens is 4. The molecule has 0 atom stereocenters. The van der Waals surface area contributed by atoms with Crippen molar-refractivity contribution < 1.29 is 0 Å². The number of hydrogen-bond donors (Lipinski definition) is 0. The van der Waals surface area contributed by atoms with Gasteiger partial charge in [-0.25, -0.2) is 9.97 Å². The zero-order valence-corrected chi connectivity index (χ0v) is 8.25. The highest BCUT2D eigenvalue weighted by atomic mass is 15.0. The van der Waals surface area contributed by atoms with E-state index in [1.807, 2.05) is 47.8 Å². The van der Waals surface area contributed by atoms with Crippen molar-refractivity contribution in [3.05, 3.63) is 36.4 Å². The van der Waals surface area contributed by atoms with Crippen molar-refractivity contribution in [3.63, 3.8) is 0 Å². The third-order valence-corrected chi connectivity index (χ3v) is 2.10. The average molecular weight is 188 g/mol. The van der Waals surface area contributed by atoms with Gasteiger partial charge in [0.05, 0.1) is 0 Å². The van der Waals surface area contributed by atoms with E-state index < -0.39 is 0 Å². The van der Waals surface area contributed by atoms with Crippen LogP contribution in [0.5, 0.6) is 0 Å². The molecule has 2 rings (SSSR count). The minimum atomic E-state index is 0.924. The Bertz CT molecular complexity index is 408. The molecule has 0 spiro atoms. The van der Waals surface area contributed by atoms with Crippen LogP contribution in [0.25, 0.3) is 12.2 Å². The van der Waals surface area contributed by atoms with Crippen molar-refractivity contribution in [1.29, 1.82) is 0 Å². The number of aryl methyl sites for hydroxylation is 2. The molecule has 0 aliphatic rings. The van der Waals surface area contributed by atoms with E-state index in [0.29, 0.717) is 0 Å². The van der Waals surface area contributed by atoms with E-state index in [1.54, 1.807) is 12.4 Å². The van der Waals surface area contributed by atoms with Crippen LogP contribution >= 0.6 is 0 Å². The molecule has 0 saturated carbocycles. The first-order valence-corrected chi connectivity index (χ1v) is 4.40. The summed E-state index contributed by atoms with van der Waals surface area (Å²) in [5.41, 5.74) is 0. The van der Waals surface area contributed by atoms with E-state index in [0.717, 1.165) is 11.6 Å². The van der Waals surface area contributed by atoms with Gasteiger partial charge >= 0.3 is 0 Å². The smallest absolute Gasteiger partial charge is 0.132 e. The second-order valence-corrected chi connectivity index (χ2v) is 3.13. The molecule has 2 aromatic rings. The van der Waals surface area contributed by atoms with Crippen molar-refractivity contribution in [2.75, 3.05) is 0 Å². The SMILES string of the molecule is Cn1ccnc1C=Cc1nccn1C. The van der Waals surface area contributed by atoms with Gasteiger partial charge in [0, 0.05) is 38.9 Å². The molecule has 72 valence electrons. The van der Waals surface area contributed by atoms with Gasteiger partial charge in [0.1, 0.15) is 11.6 Å². The maximum atomic E-state index is 4.18. The molecule has 0 aliphatic carbocycles. The lowest BCUT2D eigenvalue weighted by Crippen LogP contribution is -1.91. The highest BCUT2D eigenvalue weighted by molar-refractivity contribution is 5.63. The van der Waals surface area contributed by atoms with E-state index in [9.17, 15) is 0 Å². The molecule has 0 saturated heterocycles. The Morgan fingerprint density at radius 2 is 1.36 bits per heavy atom. The highest BCUT2D eigenvalue weighted by Gasteiger charge is 1.95. The summed E-state index contributed by atoms with van der Waals surface area (Å²) in [6.45, 7) is 0. The number of hydrogen-bond acceptors (Lipinski definition) is 2. The van der Waals surface area contributed by atoms with Gasteiger partial charge < -0.3 is 9.13 Å². The topological polar surface area (TPSA) is 35.6 Å². The molecule has 0 amide bonds. The molecular weight excluding hydrogens is 176 g/mol. The molecule has 2 aromatic heterocycles. The monoisotopic (exact) mass is 188 g/mol. The molecule has 4 heteroatoms. The van der Waals surface area contributed by atoms with Gasteiger partial charge in [-0.2, -0.15) is 0 Å². The predicted octanol–water partition coefficient (Wildman–Crippen LogP) is 1.32. The third-order valence-electron chi connectivity index (χ3n) is 2.10. The molecule has 0 bridgehead atoms. The summed E-state index contributed by atoms with van der Waals surface area (Å²) in [7, 11) is 3.93. The molecule has 0 radical (unpaired) electrons. The van der Waals surface area contributed by atoms with Crippen molar-refractivity contribution in [3.8, 4) is 0 Å². The summed E-state index contributed by atoms with van der Waals surface area (Å²) in [6, 6.07) is 0. The summed E-state index contributed by atoms with van der Waals surface area (Å²) in [6.07, 6.45) is 11.3. The second-order valence-electron chi connectivity index (χ2n) is 3.13. The van der Waals surface area contributed by atoms with Crippen molar-refractivity contribution in [1.82, 2.24) is 19.1 Å². The van der Waals surface area contributed by atoms with Gasteiger partial charge in [-0.15, -0.1) is 0 Å². The van der Waals surface area contributed by atoms with Crippen LogP contribution in [-0.4, -0.2) is 19.1 Å². The van der Waals surface area contributed by atoms with Gasteiger partial charge in [-0.05, 0) is 12.2 Å². The van der Waals surface area contributed by atoms with Gasteiger partial charge in [0.2, 0.25) is 0 Å². The second kappa shape index (κ2) is 3.49. The van der Waals surface area contributed by atoms with E-state index >= 15 is 0 Å². The van der Waals surface area contributed by atoms with Crippen LogP contribution in [0.3, 0.4) is 0 Å². The maximum Gasteiger partial charge on any atom is 0.132 e. The average Bonchev–Trinajstić information content (AvgIpc) is 2.72. The minimum Gasteiger partial charge on any atom is -0.335 e. The molecule has 0 unspecified atom stereocenters. The van der Waals surface area contributed by atoms with E-state index in [-0.39, 0.29) is 0 Å². The quantitative estimate of drug-likeness (QED) is 0.712. The Hall–Kier alpha value is -1.84. The lowest BCUT2D eigenvalue weighted by atomic mass is 10.4. The standard InChI is InChI=1S/C10H12N4/c1-13-7-5-11-9(13)3-4-10-12-6-8-14(10)2/h3-8H,1-2H3. The van der Waals surface area contributed by atoms with Crippen LogP contribution in [-0.2, 0) is 14.1 Å². The fourth-order valence-corrected chi connectivity index (χ4v) is 1.22. The molecule has 0 aliphatic heterocycles. The lowest BCUT2D eigenvalue weighted by molar-refractivity contribution is 0.891. The number of nitrogens with zero attached hydrogens (tertiary/aromatic N) is 4. The number of rotatable bonds is 2. The van der Waals surface area contributed by atoms with Crippen molar-refractivity contribution >= 4 is 12.2 Å². The molecule has 0 fully saturated rings. The summed E-state index contributed by atoms with van der Waals surface area (Å²) < 4.78 is 3.92. The van der Waals surface area contributed by atoms with E-state index in [4.69, 9.17) is 0 Å². The lowest BCUT2D eigenvalue weighted by Gasteiger charge is -1.95. The van der Waals surface area contributed by atoms with Crippen molar-refractivity contribution in [2.24, 2.45) is 14.1 Å². The Labute approximate surface area is 82.5 Å². The van der Waals surface area contributed by atoms with Crippen LogP contribution in [0, 0.1) is 0 Å². The van der Waals surface area contributed by atoms with Gasteiger partial charge in [0.15, 0.2) is 0 Å². The third kappa shape index (κ3) is 1.59. The molecule has 0 aromatic carbocycles. The fourth-order valence-electron chi connectivity index (χ4n) is 1.22. The normalized spacial score (nSPS) is 11.3. The molecule has 0 N–H and O–H groups in total.